The second kappa shape index (κ2) is 7.92. The van der Waals surface area contributed by atoms with Gasteiger partial charge in [0.15, 0.2) is 11.2 Å². The van der Waals surface area contributed by atoms with Gasteiger partial charge in [-0.1, -0.05) is 55.3 Å². The van der Waals surface area contributed by atoms with E-state index >= 15 is 0 Å². The third-order valence-corrected chi connectivity index (χ3v) is 6.02. The summed E-state index contributed by atoms with van der Waals surface area (Å²) in [7, 11) is 0. The van der Waals surface area contributed by atoms with Gasteiger partial charge in [0.25, 0.3) is 11.2 Å². The van der Waals surface area contributed by atoms with Crippen LogP contribution >= 0.6 is 0 Å². The number of rotatable bonds is 5. The number of non-ortho nitro benzene ring substituents is 1. The highest BCUT2D eigenvalue weighted by molar-refractivity contribution is 5.78. The highest BCUT2D eigenvalue weighted by atomic mass is 16.6. The molecule has 4 aromatic rings. The first-order valence-electron chi connectivity index (χ1n) is 10.6. The zero-order valence-corrected chi connectivity index (χ0v) is 17.2. The van der Waals surface area contributed by atoms with E-state index in [1.807, 2.05) is 34.9 Å². The molecule has 0 bridgehead atoms. The van der Waals surface area contributed by atoms with Gasteiger partial charge in [0.1, 0.15) is 5.82 Å². The molecule has 1 saturated carbocycles. The number of fused-ring (bicyclic) bond motifs is 1. The summed E-state index contributed by atoms with van der Waals surface area (Å²) in [4.78, 5) is 43.8. The second-order valence-corrected chi connectivity index (χ2v) is 8.05. The fourth-order valence-electron chi connectivity index (χ4n) is 4.53. The summed E-state index contributed by atoms with van der Waals surface area (Å²) in [5.41, 5.74) is 0.974. The van der Waals surface area contributed by atoms with Gasteiger partial charge >= 0.3 is 5.69 Å². The van der Waals surface area contributed by atoms with E-state index in [2.05, 4.69) is 4.98 Å². The molecule has 9 nitrogen and oxygen atoms in total. The van der Waals surface area contributed by atoms with Gasteiger partial charge in [-0.05, 0) is 18.4 Å². The van der Waals surface area contributed by atoms with E-state index in [4.69, 9.17) is 4.98 Å². The van der Waals surface area contributed by atoms with Gasteiger partial charge in [-0.3, -0.25) is 24.5 Å². The maximum Gasteiger partial charge on any atom is 0.330 e. The zero-order valence-electron chi connectivity index (χ0n) is 17.2. The molecular formula is C23H21N5O4. The van der Waals surface area contributed by atoms with Crippen molar-refractivity contribution in [3.05, 3.63) is 91.1 Å². The fraction of sp³-hybridized carbons (Fsp3) is 0.261. The van der Waals surface area contributed by atoms with Crippen LogP contribution in [0.5, 0.6) is 0 Å². The number of H-pyrrole nitrogens is 1. The molecule has 162 valence electrons. The highest BCUT2D eigenvalue weighted by Crippen LogP contribution is 2.36. The molecule has 0 aliphatic heterocycles. The minimum Gasteiger partial charge on any atom is -0.315 e. The monoisotopic (exact) mass is 431 g/mol. The number of imidazole rings is 1. The summed E-state index contributed by atoms with van der Waals surface area (Å²) in [6, 6.07) is 15.7. The predicted octanol–water partition coefficient (Wildman–Crippen LogP) is 3.62. The van der Waals surface area contributed by atoms with Crippen LogP contribution in [-0.4, -0.2) is 24.0 Å². The molecule has 2 aromatic heterocycles. The molecule has 1 aliphatic rings. The normalized spacial score (nSPS) is 14.2. The van der Waals surface area contributed by atoms with E-state index < -0.39 is 16.2 Å². The molecule has 5 rings (SSSR count). The van der Waals surface area contributed by atoms with Gasteiger partial charge in [-0.2, -0.15) is 0 Å². The maximum absolute atomic E-state index is 13.0. The van der Waals surface area contributed by atoms with Gasteiger partial charge in [-0.25, -0.2) is 9.78 Å². The Bertz CT molecular complexity index is 1430. The average molecular weight is 431 g/mol. The number of nitrogens with one attached hydrogen (secondary N) is 1. The molecule has 1 fully saturated rings. The van der Waals surface area contributed by atoms with Crippen LogP contribution in [0, 0.1) is 10.1 Å². The predicted molar refractivity (Wildman–Crippen MR) is 120 cm³/mol. The van der Waals surface area contributed by atoms with E-state index in [1.54, 1.807) is 12.1 Å². The molecule has 1 N–H and O–H groups in total. The van der Waals surface area contributed by atoms with Crippen LogP contribution in [0.25, 0.3) is 22.6 Å². The second-order valence-electron chi connectivity index (χ2n) is 8.05. The van der Waals surface area contributed by atoms with E-state index in [0.717, 1.165) is 31.2 Å². The summed E-state index contributed by atoms with van der Waals surface area (Å²) in [5, 5.41) is 11.3. The van der Waals surface area contributed by atoms with Crippen LogP contribution in [0.1, 0.15) is 37.3 Å². The Balaban J connectivity index is 1.79. The lowest BCUT2D eigenvalue weighted by molar-refractivity contribution is -0.384. The van der Waals surface area contributed by atoms with Crippen molar-refractivity contribution in [3.63, 3.8) is 0 Å². The summed E-state index contributed by atoms with van der Waals surface area (Å²) in [6.45, 7) is 0.253. The lowest BCUT2D eigenvalue weighted by Gasteiger charge is -2.16. The molecule has 1 aliphatic carbocycles. The smallest absolute Gasteiger partial charge is 0.315 e. The quantitative estimate of drug-likeness (QED) is 0.383. The summed E-state index contributed by atoms with van der Waals surface area (Å²) < 4.78 is 3.33. The van der Waals surface area contributed by atoms with Gasteiger partial charge in [0.05, 0.1) is 11.5 Å². The van der Waals surface area contributed by atoms with Crippen molar-refractivity contribution in [2.75, 3.05) is 0 Å². The third-order valence-electron chi connectivity index (χ3n) is 6.02. The van der Waals surface area contributed by atoms with Crippen LogP contribution in [-0.2, 0) is 6.54 Å². The summed E-state index contributed by atoms with van der Waals surface area (Å²) in [6.07, 6.45) is 3.82. The van der Waals surface area contributed by atoms with Gasteiger partial charge in [0, 0.05) is 23.7 Å². The van der Waals surface area contributed by atoms with E-state index in [1.165, 1.54) is 16.7 Å². The Morgan fingerprint density at radius 1 is 1.06 bits per heavy atom. The zero-order chi connectivity index (χ0) is 22.2. The minimum atomic E-state index is -0.534. The Hall–Kier alpha value is -4.01. The van der Waals surface area contributed by atoms with Crippen LogP contribution in [0.15, 0.2) is 64.2 Å². The lowest BCUT2D eigenvalue weighted by atomic mass is 10.1. The van der Waals surface area contributed by atoms with Crippen LogP contribution in [0.3, 0.4) is 0 Å². The first-order chi connectivity index (χ1) is 15.5. The number of aromatic nitrogens is 4. The van der Waals surface area contributed by atoms with Crippen molar-refractivity contribution < 1.29 is 4.92 Å². The highest BCUT2D eigenvalue weighted by Gasteiger charge is 2.27. The van der Waals surface area contributed by atoms with Crippen molar-refractivity contribution in [3.8, 4) is 11.4 Å². The topological polar surface area (TPSA) is 116 Å². The number of nitro benzene ring substituents is 1. The number of aromatic amines is 1. The molecule has 32 heavy (non-hydrogen) atoms. The van der Waals surface area contributed by atoms with E-state index in [0.29, 0.717) is 16.9 Å². The molecule has 0 atom stereocenters. The van der Waals surface area contributed by atoms with Gasteiger partial charge in [0.2, 0.25) is 0 Å². The largest absolute Gasteiger partial charge is 0.330 e. The van der Waals surface area contributed by atoms with Crippen molar-refractivity contribution in [2.45, 2.75) is 38.3 Å². The van der Waals surface area contributed by atoms with Crippen LogP contribution in [0.2, 0.25) is 0 Å². The molecule has 0 spiro atoms. The first kappa shape index (κ1) is 19.9. The Morgan fingerprint density at radius 2 is 1.81 bits per heavy atom. The summed E-state index contributed by atoms with van der Waals surface area (Å²) >= 11 is 0. The number of nitrogens with zero attached hydrogens (tertiary/aromatic N) is 4. The van der Waals surface area contributed by atoms with Crippen molar-refractivity contribution in [1.82, 2.24) is 19.1 Å². The van der Waals surface area contributed by atoms with Crippen molar-refractivity contribution in [2.24, 2.45) is 0 Å². The van der Waals surface area contributed by atoms with Gasteiger partial charge in [-0.15, -0.1) is 0 Å². The van der Waals surface area contributed by atoms with Crippen LogP contribution < -0.4 is 11.2 Å². The molecular weight excluding hydrogens is 410 g/mol. The van der Waals surface area contributed by atoms with Crippen molar-refractivity contribution in [1.29, 1.82) is 0 Å². The average Bonchev–Trinajstić information content (AvgIpc) is 3.45. The standard InChI is InChI=1S/C23H21N5O4/c29-22-19-21(26(23(30)25-22)14-15-7-2-1-3-8-15)24-20(27(19)17-10-4-5-11-17)16-9-6-12-18(13-16)28(31)32/h1-3,6-9,12-13,17H,4-5,10-11,14H2,(H,25,29,30). The number of hydrogen-bond acceptors (Lipinski definition) is 5. The van der Waals surface area contributed by atoms with Crippen molar-refractivity contribution >= 4 is 16.9 Å². The lowest BCUT2D eigenvalue weighted by Crippen LogP contribution is -2.31. The van der Waals surface area contributed by atoms with Crippen LogP contribution in [0.4, 0.5) is 5.69 Å². The number of benzene rings is 2. The number of hydrogen-bond donors (Lipinski definition) is 1. The SMILES string of the molecule is O=c1[nH]c(=O)n(Cc2ccccc2)c2nc(-c3cccc([N+](=O)[O-])c3)n(C3CCCC3)c12. The molecule has 9 heteroatoms. The first-order valence-corrected chi connectivity index (χ1v) is 10.6. The third kappa shape index (κ3) is 3.41. The Kier molecular flexibility index (Phi) is 4.93. The maximum atomic E-state index is 13.0. The summed E-state index contributed by atoms with van der Waals surface area (Å²) in [5.74, 6) is 0.466. The fourth-order valence-corrected chi connectivity index (χ4v) is 4.53. The Morgan fingerprint density at radius 3 is 2.53 bits per heavy atom. The molecule has 0 saturated heterocycles. The molecule has 0 radical (unpaired) electrons. The molecule has 0 amide bonds. The Labute approximate surface area is 182 Å². The minimum absolute atomic E-state index is 0.0399. The van der Waals surface area contributed by atoms with E-state index in [-0.39, 0.29) is 23.9 Å². The molecule has 0 unspecified atom stereocenters. The van der Waals surface area contributed by atoms with E-state index in [9.17, 15) is 19.7 Å². The molecule has 2 aromatic carbocycles. The number of nitro groups is 1. The van der Waals surface area contributed by atoms with Gasteiger partial charge < -0.3 is 4.57 Å². The molecule has 2 heterocycles.